The molecule has 2 atom stereocenters. The first-order chi connectivity index (χ1) is 9.17. The van der Waals surface area contributed by atoms with Gasteiger partial charge in [-0.05, 0) is 39.7 Å². The highest BCUT2D eigenvalue weighted by Gasteiger charge is 2.27. The summed E-state index contributed by atoms with van der Waals surface area (Å²) in [6.45, 7) is 11.6. The summed E-state index contributed by atoms with van der Waals surface area (Å²) in [5.74, 6) is 0. The average Bonchev–Trinajstić information content (AvgIpc) is 2.82. The standard InChI is InChI=1S/C15H32N2O2/c1-5-8-16-11-14-6-7-15(19-14)12-17(13(2)3)9-10-18-4/h13-16H,5-12H2,1-4H3. The van der Waals surface area contributed by atoms with Crippen LogP contribution < -0.4 is 5.32 Å². The Bertz CT molecular complexity index is 224. The molecule has 1 aliphatic rings. The molecular formula is C15H32N2O2. The van der Waals surface area contributed by atoms with Crippen LogP contribution in [0, 0.1) is 0 Å². The number of hydrogen-bond acceptors (Lipinski definition) is 4. The van der Waals surface area contributed by atoms with Gasteiger partial charge in [0.05, 0.1) is 18.8 Å². The number of nitrogens with one attached hydrogen (secondary N) is 1. The second-order valence-corrected chi connectivity index (χ2v) is 5.74. The van der Waals surface area contributed by atoms with Crippen molar-refractivity contribution in [2.45, 2.75) is 58.3 Å². The number of hydrogen-bond donors (Lipinski definition) is 1. The molecule has 1 aliphatic heterocycles. The second kappa shape index (κ2) is 9.70. The molecule has 19 heavy (non-hydrogen) atoms. The van der Waals surface area contributed by atoms with Crippen LogP contribution in [0.3, 0.4) is 0 Å². The topological polar surface area (TPSA) is 33.7 Å². The van der Waals surface area contributed by atoms with Crippen LogP contribution in [0.5, 0.6) is 0 Å². The van der Waals surface area contributed by atoms with Gasteiger partial charge in [-0.3, -0.25) is 4.90 Å². The van der Waals surface area contributed by atoms with Gasteiger partial charge in [-0.25, -0.2) is 0 Å². The van der Waals surface area contributed by atoms with Crippen LogP contribution in [-0.4, -0.2) is 63.0 Å². The van der Waals surface area contributed by atoms with Crippen LogP contribution in [0.4, 0.5) is 0 Å². The minimum absolute atomic E-state index is 0.396. The van der Waals surface area contributed by atoms with Gasteiger partial charge in [-0.15, -0.1) is 0 Å². The number of nitrogens with zero attached hydrogens (tertiary/aromatic N) is 1. The molecule has 0 bridgehead atoms. The number of ether oxygens (including phenoxy) is 2. The van der Waals surface area contributed by atoms with Crippen LogP contribution in [0.15, 0.2) is 0 Å². The van der Waals surface area contributed by atoms with E-state index in [-0.39, 0.29) is 0 Å². The van der Waals surface area contributed by atoms with E-state index in [1.807, 2.05) is 0 Å². The maximum Gasteiger partial charge on any atom is 0.0707 e. The molecule has 0 aliphatic carbocycles. The maximum absolute atomic E-state index is 6.12. The predicted molar refractivity (Wildman–Crippen MR) is 79.6 cm³/mol. The van der Waals surface area contributed by atoms with Crippen molar-refractivity contribution in [1.82, 2.24) is 10.2 Å². The van der Waals surface area contributed by atoms with E-state index in [4.69, 9.17) is 9.47 Å². The summed E-state index contributed by atoms with van der Waals surface area (Å²) in [7, 11) is 1.76. The molecule has 0 aromatic carbocycles. The normalized spacial score (nSPS) is 23.7. The Morgan fingerprint density at radius 3 is 2.68 bits per heavy atom. The molecule has 1 heterocycles. The third-order valence-electron chi connectivity index (χ3n) is 3.75. The van der Waals surface area contributed by atoms with Crippen molar-refractivity contribution in [1.29, 1.82) is 0 Å². The molecule has 4 nitrogen and oxygen atoms in total. The minimum Gasteiger partial charge on any atom is -0.383 e. The van der Waals surface area contributed by atoms with Gasteiger partial charge in [0, 0.05) is 32.8 Å². The zero-order valence-electron chi connectivity index (χ0n) is 13.2. The Kier molecular flexibility index (Phi) is 8.62. The highest BCUT2D eigenvalue weighted by Crippen LogP contribution is 2.20. The molecule has 1 fully saturated rings. The predicted octanol–water partition coefficient (Wildman–Crippen LogP) is 1.89. The van der Waals surface area contributed by atoms with Gasteiger partial charge in [0.25, 0.3) is 0 Å². The quantitative estimate of drug-likeness (QED) is 0.616. The molecule has 0 radical (unpaired) electrons. The second-order valence-electron chi connectivity index (χ2n) is 5.74. The van der Waals surface area contributed by atoms with Gasteiger partial charge < -0.3 is 14.8 Å². The fourth-order valence-electron chi connectivity index (χ4n) is 2.53. The van der Waals surface area contributed by atoms with Crippen LogP contribution in [-0.2, 0) is 9.47 Å². The molecule has 0 amide bonds. The number of methoxy groups -OCH3 is 1. The third-order valence-corrected chi connectivity index (χ3v) is 3.75. The van der Waals surface area contributed by atoms with E-state index in [0.29, 0.717) is 18.2 Å². The zero-order chi connectivity index (χ0) is 14.1. The summed E-state index contributed by atoms with van der Waals surface area (Å²) < 4.78 is 11.3. The summed E-state index contributed by atoms with van der Waals surface area (Å²) in [6.07, 6.45) is 4.38. The van der Waals surface area contributed by atoms with Crippen molar-refractivity contribution in [3.63, 3.8) is 0 Å². The Morgan fingerprint density at radius 2 is 2.05 bits per heavy atom. The van der Waals surface area contributed by atoms with E-state index >= 15 is 0 Å². The molecule has 0 spiro atoms. The molecule has 0 aromatic heterocycles. The van der Waals surface area contributed by atoms with Crippen LogP contribution in [0.2, 0.25) is 0 Å². The Morgan fingerprint density at radius 1 is 1.32 bits per heavy atom. The molecule has 0 saturated carbocycles. The molecule has 2 unspecified atom stereocenters. The summed E-state index contributed by atoms with van der Waals surface area (Å²) in [6, 6.07) is 0.552. The van der Waals surface area contributed by atoms with Crippen molar-refractivity contribution >= 4 is 0 Å². The molecule has 1 N–H and O–H groups in total. The van der Waals surface area contributed by atoms with Crippen molar-refractivity contribution < 1.29 is 9.47 Å². The summed E-state index contributed by atoms with van der Waals surface area (Å²) >= 11 is 0. The first-order valence-corrected chi connectivity index (χ1v) is 7.76. The van der Waals surface area contributed by atoms with E-state index in [1.165, 1.54) is 19.3 Å². The minimum atomic E-state index is 0.396. The lowest BCUT2D eigenvalue weighted by atomic mass is 10.1. The first kappa shape index (κ1) is 16.9. The van der Waals surface area contributed by atoms with E-state index < -0.39 is 0 Å². The lowest BCUT2D eigenvalue weighted by Gasteiger charge is -2.28. The van der Waals surface area contributed by atoms with Gasteiger partial charge in [0.2, 0.25) is 0 Å². The van der Waals surface area contributed by atoms with E-state index in [9.17, 15) is 0 Å². The average molecular weight is 272 g/mol. The van der Waals surface area contributed by atoms with Gasteiger partial charge in [-0.2, -0.15) is 0 Å². The van der Waals surface area contributed by atoms with Crippen molar-refractivity contribution in [3.05, 3.63) is 0 Å². The van der Waals surface area contributed by atoms with Crippen molar-refractivity contribution in [2.75, 3.05) is 39.9 Å². The Hall–Kier alpha value is -0.160. The lowest BCUT2D eigenvalue weighted by Crippen LogP contribution is -2.40. The van der Waals surface area contributed by atoms with Crippen LogP contribution in [0.1, 0.15) is 40.0 Å². The molecular weight excluding hydrogens is 240 g/mol. The first-order valence-electron chi connectivity index (χ1n) is 7.76. The van der Waals surface area contributed by atoms with Gasteiger partial charge in [0.15, 0.2) is 0 Å². The number of rotatable bonds is 10. The molecule has 114 valence electrons. The monoisotopic (exact) mass is 272 g/mol. The van der Waals surface area contributed by atoms with E-state index in [1.54, 1.807) is 7.11 Å². The van der Waals surface area contributed by atoms with Crippen LogP contribution >= 0.6 is 0 Å². The van der Waals surface area contributed by atoms with Gasteiger partial charge in [0.1, 0.15) is 0 Å². The highest BCUT2D eigenvalue weighted by molar-refractivity contribution is 4.79. The van der Waals surface area contributed by atoms with Crippen molar-refractivity contribution in [3.8, 4) is 0 Å². The summed E-state index contributed by atoms with van der Waals surface area (Å²) in [5.41, 5.74) is 0. The zero-order valence-corrected chi connectivity index (χ0v) is 13.2. The summed E-state index contributed by atoms with van der Waals surface area (Å²) in [4.78, 5) is 2.45. The molecule has 0 aromatic rings. The largest absolute Gasteiger partial charge is 0.383 e. The molecule has 1 rings (SSSR count). The smallest absolute Gasteiger partial charge is 0.0707 e. The Balaban J connectivity index is 2.24. The van der Waals surface area contributed by atoms with Gasteiger partial charge >= 0.3 is 0 Å². The fourth-order valence-corrected chi connectivity index (χ4v) is 2.53. The highest BCUT2D eigenvalue weighted by atomic mass is 16.5. The Labute approximate surface area is 118 Å². The molecule has 4 heteroatoms. The molecule has 1 saturated heterocycles. The maximum atomic E-state index is 6.12. The van der Waals surface area contributed by atoms with Crippen LogP contribution in [0.25, 0.3) is 0 Å². The van der Waals surface area contributed by atoms with Crippen molar-refractivity contribution in [2.24, 2.45) is 0 Å². The van der Waals surface area contributed by atoms with E-state index in [2.05, 4.69) is 31.0 Å². The van der Waals surface area contributed by atoms with E-state index in [0.717, 1.165) is 32.8 Å². The SMILES string of the molecule is CCCNCC1CCC(CN(CCOC)C(C)C)O1. The third kappa shape index (κ3) is 6.70. The fraction of sp³-hybridized carbons (Fsp3) is 1.00. The summed E-state index contributed by atoms with van der Waals surface area (Å²) in [5, 5.41) is 3.45. The van der Waals surface area contributed by atoms with Gasteiger partial charge in [-0.1, -0.05) is 6.92 Å². The lowest BCUT2D eigenvalue weighted by molar-refractivity contribution is 0.0118.